The number of benzene rings is 1. The molecule has 1 amide bonds. The number of carbonyl (C=O) groups excluding carboxylic acids is 1. The average molecular weight is 426 g/mol. The van der Waals surface area contributed by atoms with Gasteiger partial charge in [-0.2, -0.15) is 5.10 Å². The van der Waals surface area contributed by atoms with Gasteiger partial charge in [0, 0.05) is 21.3 Å². The molecule has 1 aromatic carbocycles. The molecule has 0 bridgehead atoms. The molecule has 0 radical (unpaired) electrons. The fourth-order valence-electron chi connectivity index (χ4n) is 1.71. The summed E-state index contributed by atoms with van der Waals surface area (Å²) in [7, 11) is 0. The molecular weight excluding hydrogens is 412 g/mol. The Morgan fingerprint density at radius 2 is 1.91 bits per heavy atom. The predicted octanol–water partition coefficient (Wildman–Crippen LogP) is 3.48. The van der Waals surface area contributed by atoms with Crippen molar-refractivity contribution in [3.63, 3.8) is 0 Å². The Balaban J connectivity index is 1.87. The molecule has 1 heterocycles. The Labute approximate surface area is 145 Å². The highest BCUT2D eigenvalue weighted by Gasteiger charge is 2.07. The molecule has 0 unspecified atom stereocenters. The number of pyridine rings is 1. The molecule has 0 aliphatic carbocycles. The molecule has 114 valence electrons. The summed E-state index contributed by atoms with van der Waals surface area (Å²) in [6.45, 7) is 2.12. The van der Waals surface area contributed by atoms with Gasteiger partial charge < -0.3 is 5.32 Å². The smallest absolute Gasteiger partial charge is 0.259 e. The SMILES string of the molecule is Cc1cc(Br)c(NCC(=O)N/N=C\c2ccncc2)c(Br)c1. The van der Waals surface area contributed by atoms with Crippen LogP contribution in [-0.2, 0) is 4.79 Å². The molecule has 5 nitrogen and oxygen atoms in total. The third-order valence-electron chi connectivity index (χ3n) is 2.72. The average Bonchev–Trinajstić information content (AvgIpc) is 2.47. The van der Waals surface area contributed by atoms with E-state index in [1.54, 1.807) is 30.7 Å². The second-order valence-electron chi connectivity index (χ2n) is 4.53. The highest BCUT2D eigenvalue weighted by molar-refractivity contribution is 9.11. The third-order valence-corrected chi connectivity index (χ3v) is 3.97. The molecule has 2 aromatic rings. The molecule has 0 fully saturated rings. The number of amides is 1. The summed E-state index contributed by atoms with van der Waals surface area (Å²) >= 11 is 6.94. The minimum Gasteiger partial charge on any atom is -0.374 e. The normalized spacial score (nSPS) is 10.7. The lowest BCUT2D eigenvalue weighted by atomic mass is 10.2. The van der Waals surface area contributed by atoms with E-state index in [-0.39, 0.29) is 12.5 Å². The Morgan fingerprint density at radius 3 is 2.55 bits per heavy atom. The predicted molar refractivity (Wildman–Crippen MR) is 95.0 cm³/mol. The Bertz CT molecular complexity index is 666. The largest absolute Gasteiger partial charge is 0.374 e. The summed E-state index contributed by atoms with van der Waals surface area (Å²) in [5.41, 5.74) is 5.29. The van der Waals surface area contributed by atoms with E-state index in [2.05, 4.69) is 52.7 Å². The van der Waals surface area contributed by atoms with Crippen molar-refractivity contribution in [2.75, 3.05) is 11.9 Å². The lowest BCUT2D eigenvalue weighted by Gasteiger charge is -2.11. The van der Waals surface area contributed by atoms with Gasteiger partial charge in [0.25, 0.3) is 5.91 Å². The van der Waals surface area contributed by atoms with E-state index < -0.39 is 0 Å². The lowest BCUT2D eigenvalue weighted by molar-refractivity contribution is -0.119. The molecule has 0 aliphatic heterocycles. The fourth-order valence-corrected chi connectivity index (χ4v) is 3.40. The van der Waals surface area contributed by atoms with E-state index in [0.29, 0.717) is 0 Å². The number of carbonyl (C=O) groups is 1. The molecule has 0 aliphatic rings. The van der Waals surface area contributed by atoms with Crippen LogP contribution in [-0.4, -0.2) is 23.7 Å². The van der Waals surface area contributed by atoms with Crippen molar-refractivity contribution < 1.29 is 4.79 Å². The molecule has 0 saturated carbocycles. The second-order valence-corrected chi connectivity index (χ2v) is 6.24. The maximum atomic E-state index is 11.8. The van der Waals surface area contributed by atoms with Gasteiger partial charge in [-0.05, 0) is 74.2 Å². The van der Waals surface area contributed by atoms with Gasteiger partial charge in [-0.1, -0.05) is 0 Å². The van der Waals surface area contributed by atoms with Crippen LogP contribution >= 0.6 is 31.9 Å². The van der Waals surface area contributed by atoms with Crippen LogP contribution in [0.3, 0.4) is 0 Å². The van der Waals surface area contributed by atoms with Crippen LogP contribution in [0.1, 0.15) is 11.1 Å². The van der Waals surface area contributed by atoms with Crippen LogP contribution in [0.2, 0.25) is 0 Å². The van der Waals surface area contributed by atoms with E-state index in [1.807, 2.05) is 19.1 Å². The molecule has 7 heteroatoms. The lowest BCUT2D eigenvalue weighted by Crippen LogP contribution is -2.26. The number of hydrogen-bond donors (Lipinski definition) is 2. The fraction of sp³-hybridized carbons (Fsp3) is 0.133. The molecular formula is C15H14Br2N4O. The standard InChI is InChI=1S/C15H14Br2N4O/c1-10-6-12(16)15(13(17)7-10)19-9-14(22)21-20-8-11-2-4-18-5-3-11/h2-8,19H,9H2,1H3,(H,21,22)/b20-8-. The van der Waals surface area contributed by atoms with Crippen molar-refractivity contribution in [1.29, 1.82) is 0 Å². The molecule has 0 spiro atoms. The van der Waals surface area contributed by atoms with Crippen molar-refractivity contribution in [3.05, 3.63) is 56.7 Å². The minimum absolute atomic E-state index is 0.119. The monoisotopic (exact) mass is 424 g/mol. The minimum atomic E-state index is -0.232. The number of halogens is 2. The number of nitrogens with zero attached hydrogens (tertiary/aromatic N) is 2. The zero-order valence-corrected chi connectivity index (χ0v) is 15.0. The van der Waals surface area contributed by atoms with Crippen LogP contribution in [0.5, 0.6) is 0 Å². The maximum Gasteiger partial charge on any atom is 0.259 e. The number of nitrogens with one attached hydrogen (secondary N) is 2. The summed E-state index contributed by atoms with van der Waals surface area (Å²) in [5.74, 6) is -0.232. The molecule has 2 rings (SSSR count). The first-order valence-corrected chi connectivity index (χ1v) is 8.06. The number of hydrogen-bond acceptors (Lipinski definition) is 4. The number of aromatic nitrogens is 1. The van der Waals surface area contributed by atoms with Gasteiger partial charge in [0.05, 0.1) is 18.4 Å². The van der Waals surface area contributed by atoms with Gasteiger partial charge in [-0.15, -0.1) is 0 Å². The number of anilines is 1. The zero-order valence-electron chi connectivity index (χ0n) is 11.8. The van der Waals surface area contributed by atoms with Crippen molar-refractivity contribution in [2.24, 2.45) is 5.10 Å². The van der Waals surface area contributed by atoms with Gasteiger partial charge in [0.2, 0.25) is 0 Å². The summed E-state index contributed by atoms with van der Waals surface area (Å²) < 4.78 is 1.79. The number of rotatable bonds is 5. The molecule has 2 N–H and O–H groups in total. The van der Waals surface area contributed by atoms with E-state index in [0.717, 1.165) is 25.8 Å². The summed E-state index contributed by atoms with van der Waals surface area (Å²) in [6, 6.07) is 7.56. The Hall–Kier alpha value is -1.73. The highest BCUT2D eigenvalue weighted by Crippen LogP contribution is 2.31. The van der Waals surface area contributed by atoms with Crippen molar-refractivity contribution in [3.8, 4) is 0 Å². The molecule has 0 atom stereocenters. The van der Waals surface area contributed by atoms with Crippen LogP contribution < -0.4 is 10.7 Å². The van der Waals surface area contributed by atoms with Crippen molar-refractivity contribution in [1.82, 2.24) is 10.4 Å². The van der Waals surface area contributed by atoms with Crippen LogP contribution in [0.4, 0.5) is 5.69 Å². The van der Waals surface area contributed by atoms with Crippen LogP contribution in [0.15, 0.2) is 50.7 Å². The summed E-state index contributed by atoms with van der Waals surface area (Å²) in [4.78, 5) is 15.7. The number of aryl methyl sites for hydroxylation is 1. The summed E-state index contributed by atoms with van der Waals surface area (Å²) in [6.07, 6.45) is 4.89. The Kier molecular flexibility index (Phi) is 6.09. The molecule has 22 heavy (non-hydrogen) atoms. The van der Waals surface area contributed by atoms with Gasteiger partial charge >= 0.3 is 0 Å². The quantitative estimate of drug-likeness (QED) is 0.569. The van der Waals surface area contributed by atoms with Crippen molar-refractivity contribution >= 4 is 49.7 Å². The van der Waals surface area contributed by atoms with E-state index in [1.165, 1.54) is 0 Å². The first-order valence-electron chi connectivity index (χ1n) is 6.47. The molecule has 0 saturated heterocycles. The summed E-state index contributed by atoms with van der Waals surface area (Å²) in [5, 5.41) is 6.96. The zero-order chi connectivity index (χ0) is 15.9. The first-order chi connectivity index (χ1) is 10.6. The maximum absolute atomic E-state index is 11.8. The third kappa shape index (κ3) is 4.92. The van der Waals surface area contributed by atoms with Crippen molar-refractivity contribution in [2.45, 2.75) is 6.92 Å². The van der Waals surface area contributed by atoms with Gasteiger partial charge in [-0.25, -0.2) is 5.43 Å². The van der Waals surface area contributed by atoms with Crippen LogP contribution in [0, 0.1) is 6.92 Å². The topological polar surface area (TPSA) is 66.4 Å². The van der Waals surface area contributed by atoms with Gasteiger partial charge in [-0.3, -0.25) is 9.78 Å². The number of hydrazone groups is 1. The van der Waals surface area contributed by atoms with E-state index in [4.69, 9.17) is 0 Å². The first kappa shape index (κ1) is 16.6. The van der Waals surface area contributed by atoms with E-state index >= 15 is 0 Å². The highest BCUT2D eigenvalue weighted by atomic mass is 79.9. The van der Waals surface area contributed by atoms with Gasteiger partial charge in [0.1, 0.15) is 0 Å². The Morgan fingerprint density at radius 1 is 1.27 bits per heavy atom. The van der Waals surface area contributed by atoms with E-state index in [9.17, 15) is 4.79 Å². The van der Waals surface area contributed by atoms with Crippen LogP contribution in [0.25, 0.3) is 0 Å². The molecule has 1 aromatic heterocycles. The van der Waals surface area contributed by atoms with Gasteiger partial charge in [0.15, 0.2) is 0 Å². The second kappa shape index (κ2) is 8.05.